The van der Waals surface area contributed by atoms with Gasteiger partial charge in [-0.15, -0.1) is 0 Å². The van der Waals surface area contributed by atoms with E-state index in [-0.39, 0.29) is 0 Å². The average Bonchev–Trinajstić information content (AvgIpc) is 2.43. The van der Waals surface area contributed by atoms with Crippen LogP contribution in [0.15, 0.2) is 42.5 Å². The van der Waals surface area contributed by atoms with Crippen LogP contribution in [0, 0.1) is 5.92 Å². The molecule has 0 amide bonds. The molecule has 1 saturated carbocycles. The van der Waals surface area contributed by atoms with Crippen molar-refractivity contribution in [3.05, 3.63) is 48.0 Å². The van der Waals surface area contributed by atoms with Crippen molar-refractivity contribution in [3.8, 4) is 0 Å². The molecule has 0 spiro atoms. The van der Waals surface area contributed by atoms with Gasteiger partial charge in [0.2, 0.25) is 0 Å². The van der Waals surface area contributed by atoms with E-state index in [9.17, 15) is 0 Å². The van der Waals surface area contributed by atoms with Crippen LogP contribution in [0.2, 0.25) is 0 Å². The summed E-state index contributed by atoms with van der Waals surface area (Å²) in [4.78, 5) is 0. The van der Waals surface area contributed by atoms with Gasteiger partial charge in [-0.1, -0.05) is 55.8 Å². The number of hydrogen-bond donors (Lipinski definition) is 1. The van der Waals surface area contributed by atoms with Crippen molar-refractivity contribution in [2.24, 2.45) is 5.92 Å². The van der Waals surface area contributed by atoms with Crippen molar-refractivity contribution in [2.45, 2.75) is 45.1 Å². The Balaban J connectivity index is 1.82. The molecule has 1 nitrogen and oxygen atoms in total. The lowest BCUT2D eigenvalue weighted by Crippen LogP contribution is -2.41. The van der Waals surface area contributed by atoms with Crippen molar-refractivity contribution in [1.29, 1.82) is 0 Å². The molecule has 0 aromatic heterocycles. The first-order valence-corrected chi connectivity index (χ1v) is 8.08. The van der Waals surface area contributed by atoms with Crippen LogP contribution < -0.4 is 5.32 Å². The van der Waals surface area contributed by atoms with Crippen molar-refractivity contribution in [3.63, 3.8) is 0 Å². The number of fused-ring (bicyclic) bond motifs is 1. The Morgan fingerprint density at radius 1 is 1.10 bits per heavy atom. The van der Waals surface area contributed by atoms with Crippen LogP contribution in [0.25, 0.3) is 10.8 Å². The topological polar surface area (TPSA) is 12.0 Å². The molecule has 1 atom stereocenters. The van der Waals surface area contributed by atoms with E-state index >= 15 is 0 Å². The Bertz CT molecular complexity index is 551. The van der Waals surface area contributed by atoms with E-state index < -0.39 is 0 Å². The second kappa shape index (κ2) is 6.41. The molecule has 0 radical (unpaired) electrons. The van der Waals surface area contributed by atoms with Gasteiger partial charge in [0.25, 0.3) is 0 Å². The smallest absolute Gasteiger partial charge is 0.0136 e. The van der Waals surface area contributed by atoms with Crippen LogP contribution in [0.5, 0.6) is 0 Å². The summed E-state index contributed by atoms with van der Waals surface area (Å²) >= 11 is 0. The van der Waals surface area contributed by atoms with Gasteiger partial charge >= 0.3 is 0 Å². The van der Waals surface area contributed by atoms with E-state index in [4.69, 9.17) is 0 Å². The Kier molecular flexibility index (Phi) is 4.37. The summed E-state index contributed by atoms with van der Waals surface area (Å²) in [5.41, 5.74) is 1.50. The monoisotopic (exact) mass is 267 g/mol. The quantitative estimate of drug-likeness (QED) is 0.809. The normalized spacial score (nSPS) is 17.1. The third-order valence-electron chi connectivity index (χ3n) is 4.70. The van der Waals surface area contributed by atoms with E-state index in [1.165, 1.54) is 48.4 Å². The predicted octanol–water partition coefficient (Wildman–Crippen LogP) is 4.55. The van der Waals surface area contributed by atoms with Crippen LogP contribution in [0.4, 0.5) is 0 Å². The summed E-state index contributed by atoms with van der Waals surface area (Å²) in [5, 5.41) is 6.58. The predicted molar refractivity (Wildman–Crippen MR) is 87.1 cm³/mol. The van der Waals surface area contributed by atoms with Crippen molar-refractivity contribution < 1.29 is 0 Å². The van der Waals surface area contributed by atoms with Crippen LogP contribution in [0.3, 0.4) is 0 Å². The van der Waals surface area contributed by atoms with E-state index in [1.54, 1.807) is 0 Å². The number of nitrogens with one attached hydrogen (secondary N) is 1. The molecular weight excluding hydrogens is 242 g/mol. The van der Waals surface area contributed by atoms with Crippen LogP contribution in [0.1, 0.15) is 38.2 Å². The fourth-order valence-corrected chi connectivity index (χ4v) is 3.28. The molecule has 0 bridgehead atoms. The second-order valence-corrected chi connectivity index (χ2v) is 6.09. The zero-order valence-electron chi connectivity index (χ0n) is 12.4. The molecule has 0 heterocycles. The van der Waals surface area contributed by atoms with Gasteiger partial charge in [-0.05, 0) is 54.5 Å². The van der Waals surface area contributed by atoms with Gasteiger partial charge in [0.05, 0.1) is 0 Å². The standard InChI is InChI=1S/C19H25N/c1-2-13-20-19(16-9-6-10-16)14-17-11-5-8-15-7-3-4-12-18(15)17/h3-5,7-8,11-12,16,19-20H,2,6,9-10,13-14H2,1H3. The summed E-state index contributed by atoms with van der Waals surface area (Å²) in [7, 11) is 0. The summed E-state index contributed by atoms with van der Waals surface area (Å²) in [5.74, 6) is 0.889. The molecule has 0 saturated heterocycles. The summed E-state index contributed by atoms with van der Waals surface area (Å²) in [6.45, 7) is 3.40. The maximum Gasteiger partial charge on any atom is 0.0136 e. The number of hydrogen-bond acceptors (Lipinski definition) is 1. The molecule has 0 aliphatic heterocycles. The van der Waals surface area contributed by atoms with Gasteiger partial charge in [0, 0.05) is 6.04 Å². The van der Waals surface area contributed by atoms with Crippen molar-refractivity contribution in [2.75, 3.05) is 6.54 Å². The lowest BCUT2D eigenvalue weighted by molar-refractivity contribution is 0.228. The molecule has 2 aromatic rings. The minimum absolute atomic E-state index is 0.662. The number of benzene rings is 2. The Morgan fingerprint density at radius 3 is 2.65 bits per heavy atom. The molecule has 1 aliphatic rings. The summed E-state index contributed by atoms with van der Waals surface area (Å²) < 4.78 is 0. The highest BCUT2D eigenvalue weighted by Gasteiger charge is 2.27. The Hall–Kier alpha value is -1.34. The molecule has 1 unspecified atom stereocenters. The SMILES string of the molecule is CCCNC(Cc1cccc2ccccc12)C1CCC1. The first kappa shape index (κ1) is 13.6. The summed E-state index contributed by atoms with van der Waals surface area (Å²) in [6, 6.07) is 16.2. The molecule has 1 N–H and O–H groups in total. The first-order valence-electron chi connectivity index (χ1n) is 8.08. The van der Waals surface area contributed by atoms with Gasteiger partial charge in [0.1, 0.15) is 0 Å². The van der Waals surface area contributed by atoms with E-state index in [0.717, 1.165) is 12.5 Å². The molecule has 1 fully saturated rings. The molecule has 106 valence electrons. The lowest BCUT2D eigenvalue weighted by atomic mass is 9.77. The fraction of sp³-hybridized carbons (Fsp3) is 0.474. The zero-order chi connectivity index (χ0) is 13.8. The maximum atomic E-state index is 3.78. The van der Waals surface area contributed by atoms with Gasteiger partial charge in [0.15, 0.2) is 0 Å². The summed E-state index contributed by atoms with van der Waals surface area (Å²) in [6.07, 6.45) is 6.63. The van der Waals surface area contributed by atoms with Crippen LogP contribution >= 0.6 is 0 Å². The molecule has 2 aromatic carbocycles. The highest BCUT2D eigenvalue weighted by molar-refractivity contribution is 5.85. The lowest BCUT2D eigenvalue weighted by Gasteiger charge is -2.35. The van der Waals surface area contributed by atoms with Crippen LogP contribution in [-0.2, 0) is 6.42 Å². The highest BCUT2D eigenvalue weighted by atomic mass is 14.9. The van der Waals surface area contributed by atoms with Crippen molar-refractivity contribution in [1.82, 2.24) is 5.32 Å². The number of rotatable bonds is 6. The molecule has 1 aliphatic carbocycles. The van der Waals surface area contributed by atoms with Gasteiger partial charge in [-0.25, -0.2) is 0 Å². The minimum atomic E-state index is 0.662. The van der Waals surface area contributed by atoms with Gasteiger partial charge < -0.3 is 5.32 Å². The van der Waals surface area contributed by atoms with Crippen LogP contribution in [-0.4, -0.2) is 12.6 Å². The Morgan fingerprint density at radius 2 is 1.90 bits per heavy atom. The van der Waals surface area contributed by atoms with E-state index in [1.807, 2.05) is 0 Å². The average molecular weight is 267 g/mol. The van der Waals surface area contributed by atoms with Gasteiger partial charge in [-0.3, -0.25) is 0 Å². The first-order chi connectivity index (χ1) is 9.88. The van der Waals surface area contributed by atoms with E-state index in [2.05, 4.69) is 54.7 Å². The molecular formula is C19H25N. The molecule has 20 heavy (non-hydrogen) atoms. The fourth-order valence-electron chi connectivity index (χ4n) is 3.28. The second-order valence-electron chi connectivity index (χ2n) is 6.09. The molecule has 3 rings (SSSR count). The largest absolute Gasteiger partial charge is 0.313 e. The Labute approximate surface area is 122 Å². The maximum absolute atomic E-state index is 3.78. The van der Waals surface area contributed by atoms with Gasteiger partial charge in [-0.2, -0.15) is 0 Å². The molecule has 1 heteroatoms. The minimum Gasteiger partial charge on any atom is -0.313 e. The highest BCUT2D eigenvalue weighted by Crippen LogP contribution is 2.32. The zero-order valence-corrected chi connectivity index (χ0v) is 12.4. The third-order valence-corrected chi connectivity index (χ3v) is 4.70. The van der Waals surface area contributed by atoms with Crippen molar-refractivity contribution >= 4 is 10.8 Å². The third kappa shape index (κ3) is 2.88. The van der Waals surface area contributed by atoms with E-state index in [0.29, 0.717) is 6.04 Å².